The highest BCUT2D eigenvalue weighted by atomic mass is 35.5. The number of anilines is 1. The van der Waals surface area contributed by atoms with Crippen LogP contribution in [0, 0.1) is 17.6 Å². The number of amides is 1. The van der Waals surface area contributed by atoms with Gasteiger partial charge in [-0.15, -0.1) is 0 Å². The number of nitrogens with zero attached hydrogens (tertiary/aromatic N) is 1. The molecule has 144 valence electrons. The first-order valence-electron chi connectivity index (χ1n) is 8.29. The summed E-state index contributed by atoms with van der Waals surface area (Å²) in [6.45, 7) is 0.236. The maximum Gasteiger partial charge on any atom is 0.243 e. The third-order valence-corrected chi connectivity index (χ3v) is 6.51. The molecular formula is C18H17ClF2N2O3S. The molecular weight excluding hydrogens is 398 g/mol. The number of benzene rings is 2. The van der Waals surface area contributed by atoms with Crippen molar-refractivity contribution < 1.29 is 22.0 Å². The Kier molecular flexibility index (Phi) is 5.78. The van der Waals surface area contributed by atoms with Gasteiger partial charge in [-0.1, -0.05) is 11.6 Å². The molecule has 0 unspecified atom stereocenters. The van der Waals surface area contributed by atoms with Gasteiger partial charge in [-0.3, -0.25) is 4.79 Å². The van der Waals surface area contributed by atoms with E-state index in [0.29, 0.717) is 12.8 Å². The number of halogens is 3. The number of sulfonamides is 1. The molecule has 1 heterocycles. The third-order valence-electron chi connectivity index (χ3n) is 4.40. The molecule has 0 spiro atoms. The first-order chi connectivity index (χ1) is 12.8. The van der Waals surface area contributed by atoms with Gasteiger partial charge in [0.05, 0.1) is 16.5 Å². The van der Waals surface area contributed by atoms with E-state index in [4.69, 9.17) is 11.6 Å². The van der Waals surface area contributed by atoms with Crippen LogP contribution in [0.2, 0.25) is 5.02 Å². The summed E-state index contributed by atoms with van der Waals surface area (Å²) in [6.07, 6.45) is 0.970. The molecule has 1 amide bonds. The minimum atomic E-state index is -3.84. The summed E-state index contributed by atoms with van der Waals surface area (Å²) in [7, 11) is -3.84. The van der Waals surface area contributed by atoms with E-state index >= 15 is 0 Å². The lowest BCUT2D eigenvalue weighted by Gasteiger charge is -2.31. The second-order valence-corrected chi connectivity index (χ2v) is 8.64. The second kappa shape index (κ2) is 7.92. The Balaban J connectivity index is 1.73. The molecule has 0 aromatic heterocycles. The highest BCUT2D eigenvalue weighted by Gasteiger charge is 2.33. The molecule has 5 nitrogen and oxygen atoms in total. The lowest BCUT2D eigenvalue weighted by molar-refractivity contribution is -0.120. The Labute approximate surface area is 161 Å². The molecule has 9 heteroatoms. The van der Waals surface area contributed by atoms with E-state index in [0.717, 1.165) is 18.2 Å². The number of nitrogens with one attached hydrogen (secondary N) is 1. The van der Waals surface area contributed by atoms with Gasteiger partial charge >= 0.3 is 0 Å². The van der Waals surface area contributed by atoms with Crippen molar-refractivity contribution in [1.29, 1.82) is 0 Å². The summed E-state index contributed by atoms with van der Waals surface area (Å²) in [6, 6.07) is 8.42. The van der Waals surface area contributed by atoms with Crippen LogP contribution in [0.15, 0.2) is 47.4 Å². The summed E-state index contributed by atoms with van der Waals surface area (Å²) in [4.78, 5) is 12.4. The van der Waals surface area contributed by atoms with Gasteiger partial charge in [0.15, 0.2) is 0 Å². The van der Waals surface area contributed by atoms with Gasteiger partial charge in [-0.2, -0.15) is 4.31 Å². The molecule has 27 heavy (non-hydrogen) atoms. The van der Waals surface area contributed by atoms with Gasteiger partial charge in [0.1, 0.15) is 11.6 Å². The lowest BCUT2D eigenvalue weighted by atomic mass is 9.98. The smallest absolute Gasteiger partial charge is 0.243 e. The van der Waals surface area contributed by atoms with Crippen molar-refractivity contribution in [3.8, 4) is 0 Å². The van der Waals surface area contributed by atoms with Gasteiger partial charge in [0.2, 0.25) is 15.9 Å². The second-order valence-electron chi connectivity index (χ2n) is 6.27. The van der Waals surface area contributed by atoms with E-state index in [1.165, 1.54) is 28.6 Å². The Morgan fingerprint density at radius 1 is 1.15 bits per heavy atom. The molecule has 1 aliphatic rings. The molecule has 0 aliphatic carbocycles. The summed E-state index contributed by atoms with van der Waals surface area (Å²) < 4.78 is 53.5. The number of hydrogen-bond donors (Lipinski definition) is 1. The van der Waals surface area contributed by atoms with Gasteiger partial charge in [-0.25, -0.2) is 17.2 Å². The molecule has 2 aromatic rings. The van der Waals surface area contributed by atoms with Crippen LogP contribution < -0.4 is 5.32 Å². The van der Waals surface area contributed by atoms with Crippen molar-refractivity contribution in [2.24, 2.45) is 5.92 Å². The summed E-state index contributed by atoms with van der Waals surface area (Å²) in [5.74, 6) is -2.28. The van der Waals surface area contributed by atoms with Gasteiger partial charge in [-0.05, 0) is 55.3 Å². The summed E-state index contributed by atoms with van der Waals surface area (Å²) in [5.41, 5.74) is -0.0112. The lowest BCUT2D eigenvalue weighted by Crippen LogP contribution is -2.43. The monoisotopic (exact) mass is 414 g/mol. The Morgan fingerprint density at radius 2 is 1.85 bits per heavy atom. The number of rotatable bonds is 4. The van der Waals surface area contributed by atoms with Crippen LogP contribution in [0.1, 0.15) is 12.8 Å². The fourth-order valence-electron chi connectivity index (χ4n) is 2.96. The van der Waals surface area contributed by atoms with Crippen molar-refractivity contribution in [2.45, 2.75) is 17.7 Å². The number of carbonyl (C=O) groups excluding carboxylic acids is 1. The van der Waals surface area contributed by atoms with E-state index in [2.05, 4.69) is 5.32 Å². The van der Waals surface area contributed by atoms with Crippen LogP contribution in [0.4, 0.5) is 14.5 Å². The van der Waals surface area contributed by atoms with E-state index < -0.39 is 33.5 Å². The fraction of sp³-hybridized carbons (Fsp3) is 0.278. The zero-order valence-corrected chi connectivity index (χ0v) is 15.7. The van der Waals surface area contributed by atoms with Crippen molar-refractivity contribution >= 4 is 33.2 Å². The van der Waals surface area contributed by atoms with Crippen molar-refractivity contribution in [3.63, 3.8) is 0 Å². The van der Waals surface area contributed by atoms with Gasteiger partial charge in [0, 0.05) is 18.1 Å². The summed E-state index contributed by atoms with van der Waals surface area (Å²) >= 11 is 5.69. The molecule has 2 aromatic carbocycles. The third kappa shape index (κ3) is 4.45. The highest BCUT2D eigenvalue weighted by Crippen LogP contribution is 2.26. The largest absolute Gasteiger partial charge is 0.323 e. The topological polar surface area (TPSA) is 66.5 Å². The first-order valence-corrected chi connectivity index (χ1v) is 10.1. The van der Waals surface area contributed by atoms with Crippen LogP contribution in [0.25, 0.3) is 0 Å². The van der Waals surface area contributed by atoms with E-state index in [1.54, 1.807) is 0 Å². The molecule has 0 saturated carbocycles. The summed E-state index contributed by atoms with van der Waals surface area (Å²) in [5, 5.41) is 2.69. The fourth-order valence-corrected chi connectivity index (χ4v) is 4.64. The average Bonchev–Trinajstić information content (AvgIpc) is 2.64. The van der Waals surface area contributed by atoms with E-state index in [9.17, 15) is 22.0 Å². The highest BCUT2D eigenvalue weighted by molar-refractivity contribution is 7.89. The number of carbonyl (C=O) groups is 1. The maximum atomic E-state index is 13.9. The van der Waals surface area contributed by atoms with Crippen molar-refractivity contribution in [3.05, 3.63) is 59.1 Å². The first kappa shape index (κ1) is 19.7. The Bertz CT molecular complexity index is 952. The zero-order chi connectivity index (χ0) is 19.6. The molecule has 1 saturated heterocycles. The number of hydrogen-bond acceptors (Lipinski definition) is 3. The van der Waals surface area contributed by atoms with E-state index in [-0.39, 0.29) is 28.7 Å². The molecule has 1 atom stereocenters. The normalized spacial score (nSPS) is 18.3. The quantitative estimate of drug-likeness (QED) is 0.830. The van der Waals surface area contributed by atoms with Gasteiger partial charge < -0.3 is 5.32 Å². The van der Waals surface area contributed by atoms with E-state index in [1.807, 2.05) is 0 Å². The van der Waals surface area contributed by atoms with Crippen LogP contribution in [-0.4, -0.2) is 31.7 Å². The molecule has 0 radical (unpaired) electrons. The average molecular weight is 415 g/mol. The van der Waals surface area contributed by atoms with Crippen LogP contribution in [0.3, 0.4) is 0 Å². The molecule has 1 aliphatic heterocycles. The maximum absolute atomic E-state index is 13.9. The Hall–Kier alpha value is -2.03. The van der Waals surface area contributed by atoms with Crippen LogP contribution in [-0.2, 0) is 14.8 Å². The molecule has 3 rings (SSSR count). The van der Waals surface area contributed by atoms with Crippen LogP contribution in [0.5, 0.6) is 0 Å². The standard InChI is InChI=1S/C18H17ClF2N2O3S/c19-13-3-8-17(16(21)10-13)22-18(24)12-2-1-9-23(11-12)27(25,26)15-6-4-14(20)5-7-15/h3-8,10,12H,1-2,9,11H2,(H,22,24)/t12-/m1/s1. The predicted molar refractivity (Wildman–Crippen MR) is 97.9 cm³/mol. The molecule has 0 bridgehead atoms. The molecule has 1 N–H and O–H groups in total. The van der Waals surface area contributed by atoms with Crippen LogP contribution >= 0.6 is 11.6 Å². The minimum absolute atomic E-state index is 0.0112. The van der Waals surface area contributed by atoms with Crippen molar-refractivity contribution in [1.82, 2.24) is 4.31 Å². The van der Waals surface area contributed by atoms with Crippen molar-refractivity contribution in [2.75, 3.05) is 18.4 Å². The number of piperidine rings is 1. The van der Waals surface area contributed by atoms with Gasteiger partial charge in [0.25, 0.3) is 0 Å². The minimum Gasteiger partial charge on any atom is -0.323 e. The zero-order valence-electron chi connectivity index (χ0n) is 14.2. The molecule has 1 fully saturated rings. The SMILES string of the molecule is O=C(Nc1ccc(Cl)cc1F)[C@@H]1CCCN(S(=O)(=O)c2ccc(F)cc2)C1. The Morgan fingerprint density at radius 3 is 2.52 bits per heavy atom. The predicted octanol–water partition coefficient (Wildman–Crippen LogP) is 3.66.